The van der Waals surface area contributed by atoms with E-state index in [2.05, 4.69) is 22.6 Å². The monoisotopic (exact) mass is 211 g/mol. The van der Waals surface area contributed by atoms with E-state index in [9.17, 15) is 0 Å². The molecule has 0 aliphatic carbocycles. The summed E-state index contributed by atoms with van der Waals surface area (Å²) in [5, 5.41) is 8.82. The zero-order chi connectivity index (χ0) is 10.1. The van der Waals surface area contributed by atoms with Gasteiger partial charge in [-0.15, -0.1) is 10.2 Å². The number of unbranched alkanes of at least 4 members (excludes halogenated alkanes) is 6. The van der Waals surface area contributed by atoms with Crippen LogP contribution < -0.4 is 0 Å². The molecule has 1 rings (SSSR count). The third kappa shape index (κ3) is 5.32. The van der Waals surface area contributed by atoms with Gasteiger partial charge in [0.15, 0.2) is 5.51 Å². The van der Waals surface area contributed by atoms with Crippen molar-refractivity contribution in [2.45, 2.75) is 58.3 Å². The van der Waals surface area contributed by atoms with Crippen LogP contribution in [0.3, 0.4) is 0 Å². The van der Waals surface area contributed by atoms with Gasteiger partial charge in [0.05, 0.1) is 0 Å². The third-order valence-electron chi connectivity index (χ3n) is 2.36. The number of nitrogens with zero attached hydrogens (tertiary/aromatic N) is 2. The van der Waals surface area contributed by atoms with E-state index in [1.807, 2.05) is 0 Å². The summed E-state index contributed by atoms with van der Waals surface area (Å²) < 4.78 is 0. The van der Waals surface area contributed by atoms with Crippen molar-refractivity contribution in [3.8, 4) is 0 Å². The molecule has 0 amide bonds. The van der Waals surface area contributed by atoms with Gasteiger partial charge in [0.1, 0.15) is 5.01 Å². The zero-order valence-corrected chi connectivity index (χ0v) is 9.78. The SMILES string of the molecule is CCCCCCCCCc1nn[c]s1. The molecule has 0 spiro atoms. The molecule has 1 aromatic rings. The fourth-order valence-electron chi connectivity index (χ4n) is 1.50. The maximum Gasteiger partial charge on any atom is 0.178 e. The van der Waals surface area contributed by atoms with Gasteiger partial charge in [-0.25, -0.2) is 0 Å². The Kier molecular flexibility index (Phi) is 6.58. The van der Waals surface area contributed by atoms with E-state index in [0.29, 0.717) is 0 Å². The summed E-state index contributed by atoms with van der Waals surface area (Å²) in [6.07, 6.45) is 10.6. The maximum absolute atomic E-state index is 3.98. The molecule has 0 aliphatic rings. The minimum absolute atomic E-state index is 1.09. The van der Waals surface area contributed by atoms with E-state index in [1.165, 1.54) is 44.9 Å². The molecule has 1 radical (unpaired) electrons. The van der Waals surface area contributed by atoms with E-state index in [0.717, 1.165) is 11.4 Å². The van der Waals surface area contributed by atoms with Crippen molar-refractivity contribution in [2.75, 3.05) is 0 Å². The van der Waals surface area contributed by atoms with Crippen LogP contribution in [0.4, 0.5) is 0 Å². The zero-order valence-electron chi connectivity index (χ0n) is 8.96. The summed E-state index contributed by atoms with van der Waals surface area (Å²) in [7, 11) is 0. The average molecular weight is 211 g/mol. The first-order chi connectivity index (χ1) is 6.93. The Bertz CT molecular complexity index is 209. The van der Waals surface area contributed by atoms with Gasteiger partial charge in [-0.1, -0.05) is 56.8 Å². The van der Waals surface area contributed by atoms with Gasteiger partial charge < -0.3 is 0 Å². The first-order valence-corrected chi connectivity index (χ1v) is 6.43. The lowest BCUT2D eigenvalue weighted by Crippen LogP contribution is -1.85. The lowest BCUT2D eigenvalue weighted by Gasteiger charge is -1.99. The van der Waals surface area contributed by atoms with Crippen LogP contribution in [-0.4, -0.2) is 10.2 Å². The largest absolute Gasteiger partial charge is 0.178 e. The van der Waals surface area contributed by atoms with Crippen LogP contribution in [0.1, 0.15) is 56.9 Å². The fraction of sp³-hybridized carbons (Fsp3) is 0.818. The number of rotatable bonds is 8. The second-order valence-corrected chi connectivity index (χ2v) is 4.52. The molecule has 0 atom stereocenters. The predicted molar refractivity (Wildman–Crippen MR) is 60.4 cm³/mol. The number of hydrogen-bond donors (Lipinski definition) is 0. The molecule has 79 valence electrons. The van der Waals surface area contributed by atoms with E-state index >= 15 is 0 Å². The molecule has 0 aliphatic heterocycles. The first-order valence-electron chi connectivity index (χ1n) is 5.62. The van der Waals surface area contributed by atoms with Gasteiger partial charge >= 0.3 is 0 Å². The highest BCUT2D eigenvalue weighted by atomic mass is 32.1. The van der Waals surface area contributed by atoms with Crippen LogP contribution in [0.5, 0.6) is 0 Å². The quantitative estimate of drug-likeness (QED) is 0.614. The third-order valence-corrected chi connectivity index (χ3v) is 3.05. The van der Waals surface area contributed by atoms with Crippen LogP contribution in [0.15, 0.2) is 0 Å². The van der Waals surface area contributed by atoms with Crippen LogP contribution in [0, 0.1) is 5.51 Å². The van der Waals surface area contributed by atoms with E-state index in [1.54, 1.807) is 11.3 Å². The lowest BCUT2D eigenvalue weighted by molar-refractivity contribution is 0.588. The Morgan fingerprint density at radius 1 is 1.07 bits per heavy atom. The summed E-state index contributed by atoms with van der Waals surface area (Å²) in [4.78, 5) is 0. The van der Waals surface area contributed by atoms with Gasteiger partial charge in [-0.3, -0.25) is 0 Å². The molecular weight excluding hydrogens is 192 g/mol. The molecule has 0 aromatic carbocycles. The standard InChI is InChI=1S/C11H19N2S/c1-2-3-4-5-6-7-8-9-11-13-12-10-14-11/h2-9H2,1H3. The van der Waals surface area contributed by atoms with Crippen molar-refractivity contribution in [3.05, 3.63) is 10.5 Å². The van der Waals surface area contributed by atoms with Crippen LogP contribution >= 0.6 is 11.3 Å². The summed E-state index contributed by atoms with van der Waals surface area (Å²) in [6, 6.07) is 0. The molecule has 2 nitrogen and oxygen atoms in total. The number of aryl methyl sites for hydroxylation is 1. The van der Waals surface area contributed by atoms with Crippen LogP contribution in [0.2, 0.25) is 0 Å². The average Bonchev–Trinajstić information content (AvgIpc) is 2.69. The van der Waals surface area contributed by atoms with Gasteiger partial charge in [0.2, 0.25) is 0 Å². The Labute approximate surface area is 90.8 Å². The topological polar surface area (TPSA) is 25.8 Å². The molecule has 0 saturated carbocycles. The van der Waals surface area contributed by atoms with Crippen molar-refractivity contribution in [3.63, 3.8) is 0 Å². The van der Waals surface area contributed by atoms with E-state index < -0.39 is 0 Å². The highest BCUT2D eigenvalue weighted by molar-refractivity contribution is 7.08. The smallest absolute Gasteiger partial charge is 0.143 e. The van der Waals surface area contributed by atoms with Gasteiger partial charge in [0, 0.05) is 6.42 Å². The molecule has 1 heterocycles. The molecule has 0 bridgehead atoms. The minimum Gasteiger partial charge on any atom is -0.143 e. The second-order valence-electron chi connectivity index (χ2n) is 3.66. The summed E-state index contributed by atoms with van der Waals surface area (Å²) >= 11 is 1.55. The first kappa shape index (κ1) is 11.6. The van der Waals surface area contributed by atoms with Crippen molar-refractivity contribution in [1.29, 1.82) is 0 Å². The number of hydrogen-bond acceptors (Lipinski definition) is 3. The normalized spacial score (nSPS) is 10.6. The van der Waals surface area contributed by atoms with Crippen LogP contribution in [-0.2, 0) is 6.42 Å². The van der Waals surface area contributed by atoms with Gasteiger partial charge in [-0.05, 0) is 6.42 Å². The lowest BCUT2D eigenvalue weighted by atomic mass is 10.1. The molecule has 0 unspecified atom stereocenters. The second kappa shape index (κ2) is 7.92. The van der Waals surface area contributed by atoms with E-state index in [-0.39, 0.29) is 0 Å². The molecule has 3 heteroatoms. The van der Waals surface area contributed by atoms with Crippen molar-refractivity contribution in [2.24, 2.45) is 0 Å². The van der Waals surface area contributed by atoms with Crippen molar-refractivity contribution in [1.82, 2.24) is 10.2 Å². The molecule has 0 saturated heterocycles. The van der Waals surface area contributed by atoms with Crippen molar-refractivity contribution < 1.29 is 0 Å². The Balaban J connectivity index is 1.85. The Morgan fingerprint density at radius 3 is 2.43 bits per heavy atom. The van der Waals surface area contributed by atoms with Crippen LogP contribution in [0.25, 0.3) is 0 Å². The highest BCUT2D eigenvalue weighted by Gasteiger charge is 1.96. The minimum atomic E-state index is 1.09. The summed E-state index contributed by atoms with van der Waals surface area (Å²) in [5.74, 6) is 0. The predicted octanol–water partition coefficient (Wildman–Crippen LogP) is 3.63. The van der Waals surface area contributed by atoms with Gasteiger partial charge in [-0.2, -0.15) is 0 Å². The van der Waals surface area contributed by atoms with Gasteiger partial charge in [0.25, 0.3) is 0 Å². The maximum atomic E-state index is 3.98. The Morgan fingerprint density at radius 2 is 1.79 bits per heavy atom. The fourth-order valence-corrected chi connectivity index (χ4v) is 2.02. The highest BCUT2D eigenvalue weighted by Crippen LogP contribution is 2.10. The van der Waals surface area contributed by atoms with E-state index in [4.69, 9.17) is 0 Å². The molecule has 14 heavy (non-hydrogen) atoms. The summed E-state index contributed by atoms with van der Waals surface area (Å²) in [6.45, 7) is 2.26. The summed E-state index contributed by atoms with van der Waals surface area (Å²) in [5.41, 5.74) is 2.78. The molecule has 0 fully saturated rings. The Hall–Kier alpha value is -0.440. The molecular formula is C11H19N2S. The molecule has 0 N–H and O–H groups in total. The molecule has 1 aromatic heterocycles. The van der Waals surface area contributed by atoms with Crippen molar-refractivity contribution >= 4 is 11.3 Å². The number of aromatic nitrogens is 2.